The Balaban J connectivity index is 2.10. The van der Waals surface area contributed by atoms with Gasteiger partial charge >= 0.3 is 5.97 Å². The molecule has 0 amide bonds. The van der Waals surface area contributed by atoms with Crippen LogP contribution < -0.4 is 11.5 Å². The topological polar surface area (TPSA) is 117 Å². The number of carbonyl (C=O) groups excluding carboxylic acids is 1. The lowest BCUT2D eigenvalue weighted by atomic mass is 10.2. The van der Waals surface area contributed by atoms with Gasteiger partial charge < -0.3 is 16.2 Å². The normalized spacial score (nSPS) is 10.3. The van der Waals surface area contributed by atoms with Crippen LogP contribution in [0.15, 0.2) is 18.2 Å². The predicted molar refractivity (Wildman–Crippen MR) is 74.2 cm³/mol. The highest BCUT2D eigenvalue weighted by Gasteiger charge is 2.15. The third kappa shape index (κ3) is 3.25. The molecule has 2 rings (SSSR count). The number of ether oxygens (including phenoxy) is 1. The molecule has 0 aliphatic carbocycles. The molecular weight excluding hydrogens is 305 g/mol. The Morgan fingerprint density at radius 3 is 2.45 bits per heavy atom. The van der Waals surface area contributed by atoms with Crippen LogP contribution in [0.4, 0.5) is 11.9 Å². The summed E-state index contributed by atoms with van der Waals surface area (Å²) in [5.74, 6) is -0.620. The molecule has 0 bridgehead atoms. The number of anilines is 2. The van der Waals surface area contributed by atoms with Crippen LogP contribution in [0.5, 0.6) is 0 Å². The van der Waals surface area contributed by atoms with Crippen LogP contribution in [-0.2, 0) is 11.3 Å². The Morgan fingerprint density at radius 1 is 1.15 bits per heavy atom. The van der Waals surface area contributed by atoms with Gasteiger partial charge in [-0.25, -0.2) is 4.79 Å². The molecular formula is C11H9Cl2N5O2. The van der Waals surface area contributed by atoms with Gasteiger partial charge in [-0.3, -0.25) is 0 Å². The minimum atomic E-state index is -0.657. The number of carbonyl (C=O) groups is 1. The van der Waals surface area contributed by atoms with Crippen molar-refractivity contribution < 1.29 is 9.53 Å². The summed E-state index contributed by atoms with van der Waals surface area (Å²) in [5.41, 5.74) is 10.9. The molecule has 7 nitrogen and oxygen atoms in total. The monoisotopic (exact) mass is 313 g/mol. The number of nitrogen functional groups attached to an aromatic ring is 2. The van der Waals surface area contributed by atoms with Crippen LogP contribution in [0.3, 0.4) is 0 Å². The summed E-state index contributed by atoms with van der Waals surface area (Å²) in [6.45, 7) is -0.210. The van der Waals surface area contributed by atoms with Gasteiger partial charge in [-0.2, -0.15) is 15.0 Å². The van der Waals surface area contributed by atoms with Crippen molar-refractivity contribution in [3.05, 3.63) is 39.6 Å². The molecule has 4 N–H and O–H groups in total. The fourth-order valence-electron chi connectivity index (χ4n) is 1.39. The molecule has 1 aromatic carbocycles. The van der Waals surface area contributed by atoms with E-state index in [0.29, 0.717) is 0 Å². The van der Waals surface area contributed by atoms with Crippen LogP contribution in [0.25, 0.3) is 0 Å². The highest BCUT2D eigenvalue weighted by atomic mass is 35.5. The van der Waals surface area contributed by atoms with E-state index in [9.17, 15) is 4.79 Å². The SMILES string of the molecule is Nc1nc(N)nc(COC(=O)c2cccc(Cl)c2Cl)n1. The minimum absolute atomic E-state index is 0.0515. The Kier molecular flexibility index (Phi) is 4.21. The van der Waals surface area contributed by atoms with E-state index in [2.05, 4.69) is 15.0 Å². The van der Waals surface area contributed by atoms with Crippen molar-refractivity contribution in [2.75, 3.05) is 11.5 Å². The first-order chi connectivity index (χ1) is 9.47. The van der Waals surface area contributed by atoms with E-state index in [4.69, 9.17) is 39.4 Å². The maximum absolute atomic E-state index is 11.9. The number of rotatable bonds is 3. The average Bonchev–Trinajstić information content (AvgIpc) is 2.38. The molecule has 0 aliphatic rings. The van der Waals surface area contributed by atoms with E-state index >= 15 is 0 Å². The molecule has 0 saturated carbocycles. The number of nitrogens with zero attached hydrogens (tertiary/aromatic N) is 3. The number of hydrogen-bond acceptors (Lipinski definition) is 7. The van der Waals surface area contributed by atoms with Gasteiger partial charge in [-0.05, 0) is 12.1 Å². The average molecular weight is 314 g/mol. The number of hydrogen-bond donors (Lipinski definition) is 2. The zero-order valence-electron chi connectivity index (χ0n) is 10.0. The van der Waals surface area contributed by atoms with Gasteiger partial charge in [0, 0.05) is 0 Å². The number of nitrogens with two attached hydrogens (primary N) is 2. The minimum Gasteiger partial charge on any atom is -0.454 e. The molecule has 20 heavy (non-hydrogen) atoms. The number of benzene rings is 1. The van der Waals surface area contributed by atoms with Crippen molar-refractivity contribution in [3.8, 4) is 0 Å². The zero-order valence-corrected chi connectivity index (χ0v) is 11.5. The fraction of sp³-hybridized carbons (Fsp3) is 0.0909. The van der Waals surface area contributed by atoms with Crippen LogP contribution in [0, 0.1) is 0 Å². The summed E-state index contributed by atoms with van der Waals surface area (Å²) in [7, 11) is 0. The smallest absolute Gasteiger partial charge is 0.340 e. The van der Waals surface area contributed by atoms with Crippen LogP contribution in [0.2, 0.25) is 10.0 Å². The Hall–Kier alpha value is -2.12. The summed E-state index contributed by atoms with van der Waals surface area (Å²) >= 11 is 11.7. The lowest BCUT2D eigenvalue weighted by Gasteiger charge is -2.06. The molecule has 1 aromatic heterocycles. The van der Waals surface area contributed by atoms with Crippen molar-refractivity contribution in [1.82, 2.24) is 15.0 Å². The molecule has 2 aromatic rings. The Labute approximate surface area is 123 Å². The molecule has 104 valence electrons. The second-order valence-electron chi connectivity index (χ2n) is 3.65. The first-order valence-corrected chi connectivity index (χ1v) is 6.10. The second-order valence-corrected chi connectivity index (χ2v) is 4.43. The molecule has 9 heteroatoms. The van der Waals surface area contributed by atoms with E-state index in [0.717, 1.165) is 0 Å². The molecule has 0 unspecified atom stereocenters. The van der Waals surface area contributed by atoms with E-state index in [1.165, 1.54) is 6.07 Å². The van der Waals surface area contributed by atoms with Gasteiger partial charge in [-0.15, -0.1) is 0 Å². The molecule has 0 atom stereocenters. The highest BCUT2D eigenvalue weighted by Crippen LogP contribution is 2.26. The molecule has 0 radical (unpaired) electrons. The van der Waals surface area contributed by atoms with Crippen molar-refractivity contribution in [3.63, 3.8) is 0 Å². The van der Waals surface area contributed by atoms with Gasteiger partial charge in [0.25, 0.3) is 0 Å². The van der Waals surface area contributed by atoms with Crippen molar-refractivity contribution >= 4 is 41.1 Å². The summed E-state index contributed by atoms with van der Waals surface area (Å²) in [6.07, 6.45) is 0. The predicted octanol–water partition coefficient (Wildman–Crippen LogP) is 1.70. The largest absolute Gasteiger partial charge is 0.454 e. The van der Waals surface area contributed by atoms with Gasteiger partial charge in [-0.1, -0.05) is 29.3 Å². The first-order valence-electron chi connectivity index (χ1n) is 5.34. The van der Waals surface area contributed by atoms with Crippen LogP contribution in [0.1, 0.15) is 16.2 Å². The van der Waals surface area contributed by atoms with E-state index in [-0.39, 0.29) is 39.9 Å². The Bertz CT molecular complexity index is 645. The molecule has 1 heterocycles. The van der Waals surface area contributed by atoms with E-state index in [1.807, 2.05) is 0 Å². The van der Waals surface area contributed by atoms with Gasteiger partial charge in [0.1, 0.15) is 0 Å². The third-order valence-electron chi connectivity index (χ3n) is 2.22. The summed E-state index contributed by atoms with van der Waals surface area (Å²) in [6, 6.07) is 4.64. The van der Waals surface area contributed by atoms with Crippen LogP contribution >= 0.6 is 23.2 Å². The van der Waals surface area contributed by atoms with E-state index in [1.54, 1.807) is 12.1 Å². The van der Waals surface area contributed by atoms with Crippen molar-refractivity contribution in [2.24, 2.45) is 0 Å². The third-order valence-corrected chi connectivity index (χ3v) is 3.04. The Morgan fingerprint density at radius 2 is 1.80 bits per heavy atom. The zero-order chi connectivity index (χ0) is 14.7. The summed E-state index contributed by atoms with van der Waals surface area (Å²) in [5, 5.41) is 0.378. The number of aromatic nitrogens is 3. The number of esters is 1. The van der Waals surface area contributed by atoms with Crippen molar-refractivity contribution in [1.29, 1.82) is 0 Å². The van der Waals surface area contributed by atoms with E-state index < -0.39 is 5.97 Å². The van der Waals surface area contributed by atoms with Gasteiger partial charge in [0.2, 0.25) is 11.9 Å². The highest BCUT2D eigenvalue weighted by molar-refractivity contribution is 6.43. The summed E-state index contributed by atoms with van der Waals surface area (Å²) < 4.78 is 5.01. The standard InChI is InChI=1S/C11H9Cl2N5O2/c12-6-3-1-2-5(8(6)13)9(19)20-4-7-16-10(14)18-11(15)17-7/h1-3H,4H2,(H4,14,15,16,17,18). The van der Waals surface area contributed by atoms with Gasteiger partial charge in [0.05, 0.1) is 15.6 Å². The molecule has 0 fully saturated rings. The van der Waals surface area contributed by atoms with Gasteiger partial charge in [0.15, 0.2) is 12.4 Å². The lowest BCUT2D eigenvalue weighted by molar-refractivity contribution is 0.0462. The molecule has 0 saturated heterocycles. The fourth-order valence-corrected chi connectivity index (χ4v) is 1.77. The second kappa shape index (κ2) is 5.89. The maximum atomic E-state index is 11.9. The maximum Gasteiger partial charge on any atom is 0.340 e. The summed E-state index contributed by atoms with van der Waals surface area (Å²) in [4.78, 5) is 23.0. The lowest BCUT2D eigenvalue weighted by Crippen LogP contribution is -2.11. The molecule has 0 aliphatic heterocycles. The van der Waals surface area contributed by atoms with Crippen molar-refractivity contribution in [2.45, 2.75) is 6.61 Å². The quantitative estimate of drug-likeness (QED) is 0.828. The molecule has 0 spiro atoms. The first kappa shape index (κ1) is 14.3. The number of halogens is 2. The van der Waals surface area contributed by atoms with Crippen LogP contribution in [-0.4, -0.2) is 20.9 Å².